The summed E-state index contributed by atoms with van der Waals surface area (Å²) < 4.78 is 0.651. The molecule has 2 unspecified atom stereocenters. The maximum atomic E-state index is 11.4. The minimum atomic E-state index is -0.872. The van der Waals surface area contributed by atoms with Gasteiger partial charge in [0.05, 0.1) is 11.3 Å². The molecule has 1 saturated heterocycles. The molecule has 0 aliphatic carbocycles. The van der Waals surface area contributed by atoms with Crippen molar-refractivity contribution in [1.29, 1.82) is 0 Å². The van der Waals surface area contributed by atoms with Crippen LogP contribution in [0.5, 0.6) is 0 Å². The Kier molecular flexibility index (Phi) is 3.95. The average molecular weight is 312 g/mol. The van der Waals surface area contributed by atoms with Crippen LogP contribution in [-0.4, -0.2) is 23.7 Å². The van der Waals surface area contributed by atoms with E-state index in [0.717, 1.165) is 31.0 Å². The van der Waals surface area contributed by atoms with Gasteiger partial charge in [0.1, 0.15) is 0 Å². The number of halogens is 1. The molecule has 0 amide bonds. The summed E-state index contributed by atoms with van der Waals surface area (Å²) in [5.41, 5.74) is 1.20. The molecule has 1 N–H and O–H groups in total. The molecule has 0 radical (unpaired) electrons. The first kappa shape index (κ1) is 13.4. The Morgan fingerprint density at radius 1 is 1.44 bits per heavy atom. The van der Waals surface area contributed by atoms with Crippen LogP contribution in [0.3, 0.4) is 0 Å². The quantitative estimate of drug-likeness (QED) is 0.903. The van der Waals surface area contributed by atoms with Crippen LogP contribution in [0.4, 0.5) is 5.69 Å². The highest BCUT2D eigenvalue weighted by Crippen LogP contribution is 2.33. The summed E-state index contributed by atoms with van der Waals surface area (Å²) in [6.07, 6.45) is 2.24. The van der Waals surface area contributed by atoms with E-state index < -0.39 is 5.97 Å². The highest BCUT2D eigenvalue weighted by Gasteiger charge is 2.27. The van der Waals surface area contributed by atoms with Crippen molar-refractivity contribution >= 4 is 27.6 Å². The van der Waals surface area contributed by atoms with Gasteiger partial charge in [0.25, 0.3) is 0 Å². The Morgan fingerprint density at radius 3 is 2.78 bits per heavy atom. The molecule has 0 spiro atoms. The van der Waals surface area contributed by atoms with Crippen molar-refractivity contribution in [2.24, 2.45) is 5.92 Å². The molecule has 4 heteroatoms. The number of hydrogen-bond donors (Lipinski definition) is 1. The predicted octanol–water partition coefficient (Wildman–Crippen LogP) is 3.77. The van der Waals surface area contributed by atoms with Crippen molar-refractivity contribution in [3.63, 3.8) is 0 Å². The van der Waals surface area contributed by atoms with Gasteiger partial charge < -0.3 is 10.0 Å². The van der Waals surface area contributed by atoms with E-state index in [0.29, 0.717) is 16.1 Å². The van der Waals surface area contributed by atoms with Gasteiger partial charge in [0.15, 0.2) is 0 Å². The molecule has 1 aromatic carbocycles. The number of carbonyl (C=O) groups is 1. The molecular weight excluding hydrogens is 294 g/mol. The number of aromatic carboxylic acids is 1. The van der Waals surface area contributed by atoms with Crippen LogP contribution in [0.25, 0.3) is 0 Å². The van der Waals surface area contributed by atoms with Crippen LogP contribution >= 0.6 is 15.9 Å². The Hall–Kier alpha value is -1.03. The lowest BCUT2D eigenvalue weighted by Crippen LogP contribution is -2.41. The first-order valence-corrected chi connectivity index (χ1v) is 7.08. The van der Waals surface area contributed by atoms with Crippen LogP contribution in [0, 0.1) is 5.92 Å². The van der Waals surface area contributed by atoms with Gasteiger partial charge in [-0.1, -0.05) is 13.0 Å². The maximum Gasteiger partial charge on any atom is 0.338 e. The normalized spacial score (nSPS) is 24.1. The molecule has 0 aromatic heterocycles. The maximum absolute atomic E-state index is 11.4. The Balaban J connectivity index is 2.39. The first-order chi connectivity index (χ1) is 8.50. The van der Waals surface area contributed by atoms with E-state index in [1.807, 2.05) is 12.1 Å². The molecule has 1 fully saturated rings. The monoisotopic (exact) mass is 311 g/mol. The number of rotatable bonds is 2. The third kappa shape index (κ3) is 2.53. The Bertz CT molecular complexity index is 461. The third-order valence-corrected chi connectivity index (χ3v) is 4.31. The zero-order valence-electron chi connectivity index (χ0n) is 10.7. The fraction of sp³-hybridized carbons (Fsp3) is 0.500. The lowest BCUT2D eigenvalue weighted by Gasteiger charge is -2.39. The second-order valence-corrected chi connectivity index (χ2v) is 5.97. The highest BCUT2D eigenvalue weighted by atomic mass is 79.9. The van der Waals surface area contributed by atoms with E-state index in [2.05, 4.69) is 34.7 Å². The van der Waals surface area contributed by atoms with Gasteiger partial charge in [-0.3, -0.25) is 0 Å². The summed E-state index contributed by atoms with van der Waals surface area (Å²) in [5.74, 6) is -0.153. The van der Waals surface area contributed by atoms with Crippen molar-refractivity contribution < 1.29 is 9.90 Å². The molecule has 1 aliphatic heterocycles. The molecule has 3 nitrogen and oxygen atoms in total. The van der Waals surface area contributed by atoms with Gasteiger partial charge in [-0.25, -0.2) is 4.79 Å². The molecule has 1 aliphatic rings. The lowest BCUT2D eigenvalue weighted by molar-refractivity contribution is 0.0696. The number of carboxylic acid groups (broad SMARTS) is 1. The third-order valence-electron chi connectivity index (χ3n) is 3.65. The van der Waals surface area contributed by atoms with E-state index in [1.165, 1.54) is 0 Å². The first-order valence-electron chi connectivity index (χ1n) is 6.29. The molecule has 1 heterocycles. The minimum absolute atomic E-state index is 0.374. The topological polar surface area (TPSA) is 40.5 Å². The molecule has 2 rings (SSSR count). The largest absolute Gasteiger partial charge is 0.478 e. The fourth-order valence-electron chi connectivity index (χ4n) is 2.73. The molecule has 18 heavy (non-hydrogen) atoms. The summed E-state index contributed by atoms with van der Waals surface area (Å²) in [6.45, 7) is 5.36. The van der Waals surface area contributed by atoms with Crippen molar-refractivity contribution in [1.82, 2.24) is 0 Å². The number of hydrogen-bond acceptors (Lipinski definition) is 2. The molecular formula is C14H18BrNO2. The lowest BCUT2D eigenvalue weighted by atomic mass is 9.92. The predicted molar refractivity (Wildman–Crippen MR) is 76.3 cm³/mol. The molecule has 0 bridgehead atoms. The van der Waals surface area contributed by atoms with Crippen LogP contribution in [-0.2, 0) is 0 Å². The van der Waals surface area contributed by atoms with Crippen molar-refractivity contribution in [3.05, 3.63) is 28.2 Å². The highest BCUT2D eigenvalue weighted by molar-refractivity contribution is 9.10. The molecule has 98 valence electrons. The summed E-state index contributed by atoms with van der Waals surface area (Å²) in [7, 11) is 0. The van der Waals surface area contributed by atoms with Crippen molar-refractivity contribution in [3.8, 4) is 0 Å². The van der Waals surface area contributed by atoms with Gasteiger partial charge in [0, 0.05) is 17.1 Å². The van der Waals surface area contributed by atoms with Crippen LogP contribution in [0.1, 0.15) is 37.0 Å². The van der Waals surface area contributed by atoms with E-state index >= 15 is 0 Å². The van der Waals surface area contributed by atoms with Crippen LogP contribution in [0.15, 0.2) is 22.7 Å². The molecule has 1 aromatic rings. The number of piperidine rings is 1. The van der Waals surface area contributed by atoms with Gasteiger partial charge in [-0.2, -0.15) is 0 Å². The zero-order valence-corrected chi connectivity index (χ0v) is 12.3. The second kappa shape index (κ2) is 5.31. The van der Waals surface area contributed by atoms with Gasteiger partial charge in [-0.05, 0) is 53.7 Å². The SMILES string of the molecule is CC1CCN(c2cccc(Br)c2C(=O)O)C(C)C1. The van der Waals surface area contributed by atoms with E-state index in [1.54, 1.807) is 6.07 Å². The smallest absolute Gasteiger partial charge is 0.338 e. The summed E-state index contributed by atoms with van der Waals surface area (Å²) >= 11 is 3.34. The summed E-state index contributed by atoms with van der Waals surface area (Å²) in [6, 6.07) is 5.97. The number of nitrogens with zero attached hydrogens (tertiary/aromatic N) is 1. The molecule has 2 atom stereocenters. The van der Waals surface area contributed by atoms with Crippen LogP contribution in [0.2, 0.25) is 0 Å². The number of benzene rings is 1. The Labute approximate surface area is 116 Å². The summed E-state index contributed by atoms with van der Waals surface area (Å²) in [4.78, 5) is 13.6. The van der Waals surface area contributed by atoms with Gasteiger partial charge in [0.2, 0.25) is 0 Å². The fourth-order valence-corrected chi connectivity index (χ4v) is 3.25. The van der Waals surface area contributed by atoms with E-state index in [-0.39, 0.29) is 0 Å². The van der Waals surface area contributed by atoms with Crippen molar-refractivity contribution in [2.75, 3.05) is 11.4 Å². The Morgan fingerprint density at radius 2 is 2.17 bits per heavy atom. The van der Waals surface area contributed by atoms with Crippen LogP contribution < -0.4 is 4.90 Å². The zero-order chi connectivity index (χ0) is 13.3. The van der Waals surface area contributed by atoms with Gasteiger partial charge in [-0.15, -0.1) is 0 Å². The second-order valence-electron chi connectivity index (χ2n) is 5.11. The van der Waals surface area contributed by atoms with E-state index in [4.69, 9.17) is 0 Å². The minimum Gasteiger partial charge on any atom is -0.478 e. The van der Waals surface area contributed by atoms with Gasteiger partial charge >= 0.3 is 5.97 Å². The number of anilines is 1. The summed E-state index contributed by atoms with van der Waals surface area (Å²) in [5, 5.41) is 9.36. The van der Waals surface area contributed by atoms with Crippen molar-refractivity contribution in [2.45, 2.75) is 32.7 Å². The molecule has 0 saturated carbocycles. The van der Waals surface area contributed by atoms with E-state index in [9.17, 15) is 9.90 Å². The average Bonchev–Trinajstić information content (AvgIpc) is 2.28. The standard InChI is InChI=1S/C14H18BrNO2/c1-9-6-7-16(10(2)8-9)12-5-3-4-11(15)13(12)14(17)18/h3-5,9-10H,6-8H2,1-2H3,(H,17,18). The number of carboxylic acids is 1.